The summed E-state index contributed by atoms with van der Waals surface area (Å²) < 4.78 is 5.50. The molecule has 0 fully saturated rings. The lowest BCUT2D eigenvalue weighted by atomic mass is 10.0. The smallest absolute Gasteiger partial charge is 0.305 e. The highest BCUT2D eigenvalue weighted by atomic mass is 16.5. The van der Waals surface area contributed by atoms with E-state index in [1.165, 1.54) is 308 Å². The third-order valence-electron chi connectivity index (χ3n) is 16.6. The molecule has 2 atom stereocenters. The number of carbonyl (C=O) groups excluding carboxylic acids is 2. The molecule has 0 aliphatic carbocycles. The maximum absolute atomic E-state index is 12.5. The Morgan fingerprint density at radius 2 is 0.625 bits per heavy atom. The highest BCUT2D eigenvalue weighted by molar-refractivity contribution is 5.76. The maximum Gasteiger partial charge on any atom is 0.305 e. The summed E-state index contributed by atoms with van der Waals surface area (Å²) in [6.07, 6.45) is 90.5. The van der Waals surface area contributed by atoms with E-state index in [2.05, 4.69) is 55.6 Å². The van der Waals surface area contributed by atoms with Crippen molar-refractivity contribution >= 4 is 11.9 Å². The van der Waals surface area contributed by atoms with E-state index in [4.69, 9.17) is 4.74 Å². The lowest BCUT2D eigenvalue weighted by molar-refractivity contribution is -0.143. The largest absolute Gasteiger partial charge is 0.466 e. The summed E-state index contributed by atoms with van der Waals surface area (Å²) >= 11 is 0. The van der Waals surface area contributed by atoms with Crippen LogP contribution in [0.15, 0.2) is 48.6 Å². The highest BCUT2D eigenvalue weighted by Gasteiger charge is 2.18. The van der Waals surface area contributed by atoms with Gasteiger partial charge in [0.05, 0.1) is 25.4 Å². The van der Waals surface area contributed by atoms with E-state index in [0.29, 0.717) is 19.4 Å². The van der Waals surface area contributed by atoms with Gasteiger partial charge in [-0.3, -0.25) is 9.59 Å². The van der Waals surface area contributed by atoms with Crippen LogP contribution in [0.2, 0.25) is 0 Å². The number of nitrogens with one attached hydrogen (secondary N) is 1. The number of ether oxygens (including phenoxy) is 1. The number of esters is 1. The van der Waals surface area contributed by atoms with Crippen LogP contribution < -0.4 is 5.32 Å². The van der Waals surface area contributed by atoms with Crippen molar-refractivity contribution in [2.45, 2.75) is 398 Å². The predicted molar refractivity (Wildman–Crippen MR) is 352 cm³/mol. The molecule has 6 heteroatoms. The van der Waals surface area contributed by atoms with Gasteiger partial charge in [0.25, 0.3) is 0 Å². The molecular formula is C74H139NO5. The number of rotatable bonds is 67. The van der Waals surface area contributed by atoms with Gasteiger partial charge in [-0.05, 0) is 89.9 Å². The van der Waals surface area contributed by atoms with Gasteiger partial charge in [-0.15, -0.1) is 0 Å². The molecule has 0 spiro atoms. The van der Waals surface area contributed by atoms with Crippen molar-refractivity contribution in [3.63, 3.8) is 0 Å². The molecule has 0 saturated heterocycles. The molecule has 0 heterocycles. The molecule has 1 amide bonds. The SMILES string of the molecule is CCCCC/C=C\C/C=C\CCCCCCCCCC(=O)OCCCCCCCCCCCCCC/C=C\CCCCCCCCCCCCCCCCC(=O)NC(CO)C(O)/C=C/CCCCCCCCCCCCCCCC. The molecular weight excluding hydrogens is 983 g/mol. The Kier molecular flexibility index (Phi) is 67.4. The Bertz CT molecular complexity index is 1340. The average molecular weight is 1120 g/mol. The lowest BCUT2D eigenvalue weighted by Gasteiger charge is -2.20. The van der Waals surface area contributed by atoms with E-state index in [-0.39, 0.29) is 18.5 Å². The zero-order valence-corrected chi connectivity index (χ0v) is 53.8. The number of allylic oxidation sites excluding steroid dienone is 7. The Balaban J connectivity index is 3.38. The predicted octanol–water partition coefficient (Wildman–Crippen LogP) is 23.3. The van der Waals surface area contributed by atoms with Crippen LogP contribution in [0.3, 0.4) is 0 Å². The molecule has 0 aromatic heterocycles. The van der Waals surface area contributed by atoms with Crippen LogP contribution in [-0.2, 0) is 14.3 Å². The van der Waals surface area contributed by atoms with E-state index in [1.54, 1.807) is 6.08 Å². The molecule has 0 rings (SSSR count). The molecule has 0 radical (unpaired) electrons. The zero-order chi connectivity index (χ0) is 57.8. The van der Waals surface area contributed by atoms with Crippen molar-refractivity contribution in [1.82, 2.24) is 5.32 Å². The van der Waals surface area contributed by atoms with Crippen molar-refractivity contribution in [1.29, 1.82) is 0 Å². The molecule has 0 bridgehead atoms. The van der Waals surface area contributed by atoms with E-state index >= 15 is 0 Å². The third-order valence-corrected chi connectivity index (χ3v) is 16.6. The number of hydrogen-bond acceptors (Lipinski definition) is 5. The quantitative estimate of drug-likeness (QED) is 0.0320. The van der Waals surface area contributed by atoms with Gasteiger partial charge in [0.2, 0.25) is 5.91 Å². The van der Waals surface area contributed by atoms with Crippen molar-refractivity contribution in [2.75, 3.05) is 13.2 Å². The summed E-state index contributed by atoms with van der Waals surface area (Å²) in [6.45, 7) is 4.90. The van der Waals surface area contributed by atoms with E-state index in [1.807, 2.05) is 6.08 Å². The minimum atomic E-state index is -0.844. The minimum absolute atomic E-state index is 0.00916. The second-order valence-electron chi connectivity index (χ2n) is 24.6. The molecule has 470 valence electrons. The van der Waals surface area contributed by atoms with Gasteiger partial charge in [-0.25, -0.2) is 0 Å². The number of carbonyl (C=O) groups is 2. The topological polar surface area (TPSA) is 95.9 Å². The lowest BCUT2D eigenvalue weighted by Crippen LogP contribution is -2.45. The third kappa shape index (κ3) is 65.0. The normalized spacial score (nSPS) is 12.8. The first-order valence-corrected chi connectivity index (χ1v) is 35.9. The summed E-state index contributed by atoms with van der Waals surface area (Å²) in [5.74, 6) is -0.0552. The van der Waals surface area contributed by atoms with Crippen LogP contribution >= 0.6 is 0 Å². The molecule has 2 unspecified atom stereocenters. The second kappa shape index (κ2) is 69.3. The summed E-state index contributed by atoms with van der Waals surface area (Å²) in [5, 5.41) is 23.2. The first-order chi connectivity index (χ1) is 39.5. The first-order valence-electron chi connectivity index (χ1n) is 35.9. The van der Waals surface area contributed by atoms with Gasteiger partial charge in [-0.2, -0.15) is 0 Å². The number of hydrogen-bond donors (Lipinski definition) is 3. The Morgan fingerprint density at radius 3 is 0.988 bits per heavy atom. The summed E-state index contributed by atoms with van der Waals surface area (Å²) in [6, 6.07) is -0.627. The van der Waals surface area contributed by atoms with Gasteiger partial charge in [0, 0.05) is 12.8 Å². The molecule has 0 aliphatic heterocycles. The second-order valence-corrected chi connectivity index (χ2v) is 24.6. The summed E-state index contributed by atoms with van der Waals surface area (Å²) in [4.78, 5) is 24.6. The van der Waals surface area contributed by atoms with E-state index in [0.717, 1.165) is 51.4 Å². The monoisotopic (exact) mass is 1120 g/mol. The van der Waals surface area contributed by atoms with Crippen LogP contribution in [-0.4, -0.2) is 47.4 Å². The van der Waals surface area contributed by atoms with Crippen molar-refractivity contribution in [3.8, 4) is 0 Å². The summed E-state index contributed by atoms with van der Waals surface area (Å²) in [7, 11) is 0. The van der Waals surface area contributed by atoms with Crippen molar-refractivity contribution in [2.24, 2.45) is 0 Å². The first kappa shape index (κ1) is 77.8. The minimum Gasteiger partial charge on any atom is -0.466 e. The number of unbranched alkanes of at least 4 members (excludes halogenated alkanes) is 50. The molecule has 6 nitrogen and oxygen atoms in total. The highest BCUT2D eigenvalue weighted by Crippen LogP contribution is 2.18. The zero-order valence-electron chi connectivity index (χ0n) is 53.8. The molecule has 3 N–H and O–H groups in total. The van der Waals surface area contributed by atoms with Crippen molar-refractivity contribution < 1.29 is 24.5 Å². The fraction of sp³-hybridized carbons (Fsp3) is 0.865. The Labute approximate surface area is 499 Å². The average Bonchev–Trinajstić information content (AvgIpc) is 3.46. The standard InChI is InChI=1S/C74H139NO5/c1-3-5-7-9-11-13-15-17-19-35-40-44-48-52-56-60-64-68-74(79)80-69-65-61-57-53-49-45-41-37-34-32-30-28-26-24-22-21-23-25-27-29-31-33-36-39-43-47-51-55-59-63-67-73(78)75-71(70-76)72(77)66-62-58-54-50-46-42-38-20-18-16-14-12-10-8-6-4-2/h11,13,17,19,22,24,62,66,71-72,76-77H,3-10,12,14-16,18,20-21,23,25-61,63-65,67-70H2,1-2H3,(H,75,78)/b13-11-,19-17-,24-22-,66-62+. The molecule has 0 aliphatic rings. The van der Waals surface area contributed by atoms with Crippen LogP contribution in [0.25, 0.3) is 0 Å². The van der Waals surface area contributed by atoms with E-state index < -0.39 is 12.1 Å². The fourth-order valence-corrected chi connectivity index (χ4v) is 11.1. The number of aliphatic hydroxyl groups excluding tert-OH is 2. The Hall–Kier alpha value is -2.18. The molecule has 80 heavy (non-hydrogen) atoms. The van der Waals surface area contributed by atoms with E-state index in [9.17, 15) is 19.8 Å². The molecule has 0 aromatic rings. The van der Waals surface area contributed by atoms with Gasteiger partial charge in [-0.1, -0.05) is 332 Å². The summed E-state index contributed by atoms with van der Waals surface area (Å²) in [5.41, 5.74) is 0. The van der Waals surface area contributed by atoms with Gasteiger partial charge in [0.15, 0.2) is 0 Å². The fourth-order valence-electron chi connectivity index (χ4n) is 11.1. The molecule has 0 aromatic carbocycles. The van der Waals surface area contributed by atoms with Crippen LogP contribution in [0.1, 0.15) is 386 Å². The van der Waals surface area contributed by atoms with Gasteiger partial charge in [0.1, 0.15) is 0 Å². The van der Waals surface area contributed by atoms with Crippen molar-refractivity contribution in [3.05, 3.63) is 48.6 Å². The van der Waals surface area contributed by atoms with Crippen LogP contribution in [0.5, 0.6) is 0 Å². The molecule has 0 saturated carbocycles. The van der Waals surface area contributed by atoms with Crippen LogP contribution in [0.4, 0.5) is 0 Å². The van der Waals surface area contributed by atoms with Gasteiger partial charge < -0.3 is 20.3 Å². The Morgan fingerprint density at radius 1 is 0.350 bits per heavy atom. The number of amides is 1. The van der Waals surface area contributed by atoms with Crippen LogP contribution in [0, 0.1) is 0 Å². The van der Waals surface area contributed by atoms with Gasteiger partial charge >= 0.3 is 5.97 Å². The number of aliphatic hydroxyl groups is 2. The maximum atomic E-state index is 12.5.